The topological polar surface area (TPSA) is 12.0 Å². The summed E-state index contributed by atoms with van der Waals surface area (Å²) < 4.78 is 0. The predicted octanol–water partition coefficient (Wildman–Crippen LogP) is 4.36. The lowest BCUT2D eigenvalue weighted by atomic mass is 10.0. The van der Waals surface area contributed by atoms with Crippen molar-refractivity contribution in [1.29, 1.82) is 0 Å². The maximum Gasteiger partial charge on any atom is 0.0413 e. The molecule has 0 aliphatic rings. The molecule has 0 saturated carbocycles. The molecule has 0 amide bonds. The van der Waals surface area contributed by atoms with Gasteiger partial charge in [0.15, 0.2) is 0 Å². The first kappa shape index (κ1) is 14.2. The molecule has 1 N–H and O–H groups in total. The zero-order chi connectivity index (χ0) is 13.7. The van der Waals surface area contributed by atoms with E-state index >= 15 is 0 Å². The van der Waals surface area contributed by atoms with Crippen molar-refractivity contribution in [2.24, 2.45) is 0 Å². The van der Waals surface area contributed by atoms with E-state index in [9.17, 15) is 0 Å². The Kier molecular flexibility index (Phi) is 5.06. The van der Waals surface area contributed by atoms with Crippen LogP contribution in [0.5, 0.6) is 0 Å². The van der Waals surface area contributed by atoms with Gasteiger partial charge in [-0.2, -0.15) is 0 Å². The summed E-state index contributed by atoms with van der Waals surface area (Å²) in [7, 11) is 2.03. The monoisotopic (exact) mass is 271 g/mol. The van der Waals surface area contributed by atoms with Crippen molar-refractivity contribution in [2.75, 3.05) is 12.8 Å². The third-order valence-corrected chi connectivity index (χ3v) is 4.55. The second kappa shape index (κ2) is 6.78. The molecule has 100 valence electrons. The van der Waals surface area contributed by atoms with E-state index in [0.29, 0.717) is 6.04 Å². The Bertz CT molecular complexity index is 522. The highest BCUT2D eigenvalue weighted by molar-refractivity contribution is 7.99. The van der Waals surface area contributed by atoms with E-state index < -0.39 is 0 Å². The van der Waals surface area contributed by atoms with Crippen molar-refractivity contribution in [2.45, 2.75) is 24.8 Å². The van der Waals surface area contributed by atoms with Crippen molar-refractivity contribution in [1.82, 2.24) is 5.32 Å². The fraction of sp³-hybridized carbons (Fsp3) is 0.294. The number of rotatable bonds is 5. The van der Waals surface area contributed by atoms with Crippen LogP contribution in [0.4, 0.5) is 0 Å². The Morgan fingerprint density at radius 2 is 1.74 bits per heavy atom. The minimum Gasteiger partial charge on any atom is -0.312 e. The van der Waals surface area contributed by atoms with Crippen LogP contribution in [-0.2, 0) is 0 Å². The van der Waals surface area contributed by atoms with Gasteiger partial charge in [0.05, 0.1) is 0 Å². The molecule has 0 fully saturated rings. The average Bonchev–Trinajstić information content (AvgIpc) is 2.44. The van der Waals surface area contributed by atoms with Gasteiger partial charge in [-0.1, -0.05) is 36.4 Å². The highest BCUT2D eigenvalue weighted by Gasteiger charge is 2.10. The molecular weight excluding hydrogens is 250 g/mol. The van der Waals surface area contributed by atoms with Crippen LogP contribution >= 0.6 is 11.8 Å². The molecule has 1 nitrogen and oxygen atoms in total. The van der Waals surface area contributed by atoms with Gasteiger partial charge in [0.25, 0.3) is 0 Å². The van der Waals surface area contributed by atoms with Crippen LogP contribution in [0.25, 0.3) is 0 Å². The molecule has 0 aliphatic heterocycles. The van der Waals surface area contributed by atoms with Crippen LogP contribution in [0.2, 0.25) is 0 Å². The Labute approximate surface area is 120 Å². The largest absolute Gasteiger partial charge is 0.312 e. The van der Waals surface area contributed by atoms with E-state index in [1.807, 2.05) is 18.8 Å². The Hall–Kier alpha value is -1.25. The summed E-state index contributed by atoms with van der Waals surface area (Å²) in [6, 6.07) is 17.7. The van der Waals surface area contributed by atoms with Crippen LogP contribution in [-0.4, -0.2) is 12.8 Å². The quantitative estimate of drug-likeness (QED) is 0.811. The summed E-state index contributed by atoms with van der Waals surface area (Å²) in [5.74, 6) is 1.04. The molecule has 0 radical (unpaired) electrons. The van der Waals surface area contributed by atoms with Gasteiger partial charge in [-0.25, -0.2) is 0 Å². The zero-order valence-corrected chi connectivity index (χ0v) is 12.6. The lowest BCUT2D eigenvalue weighted by molar-refractivity contribution is 0.661. The van der Waals surface area contributed by atoms with Gasteiger partial charge in [-0.3, -0.25) is 0 Å². The van der Waals surface area contributed by atoms with Gasteiger partial charge in [0.2, 0.25) is 0 Å². The van der Waals surface area contributed by atoms with Gasteiger partial charge in [-0.05, 0) is 49.7 Å². The third-order valence-electron chi connectivity index (χ3n) is 3.44. The zero-order valence-electron chi connectivity index (χ0n) is 11.8. The van der Waals surface area contributed by atoms with E-state index in [4.69, 9.17) is 0 Å². The summed E-state index contributed by atoms with van der Waals surface area (Å²) in [5, 5.41) is 3.41. The van der Waals surface area contributed by atoms with Crippen LogP contribution in [0, 0.1) is 13.8 Å². The number of hydrogen-bond donors (Lipinski definition) is 1. The van der Waals surface area contributed by atoms with Gasteiger partial charge < -0.3 is 5.32 Å². The Balaban J connectivity index is 2.05. The molecule has 19 heavy (non-hydrogen) atoms. The van der Waals surface area contributed by atoms with Crippen LogP contribution in [0.3, 0.4) is 0 Å². The first-order valence-corrected chi connectivity index (χ1v) is 7.61. The van der Waals surface area contributed by atoms with E-state index in [-0.39, 0.29) is 0 Å². The molecule has 1 unspecified atom stereocenters. The third kappa shape index (κ3) is 3.85. The second-order valence-corrected chi connectivity index (χ2v) is 5.90. The van der Waals surface area contributed by atoms with E-state index in [1.165, 1.54) is 21.6 Å². The Morgan fingerprint density at radius 3 is 2.37 bits per heavy atom. The molecule has 2 aromatic rings. The fourth-order valence-electron chi connectivity index (χ4n) is 2.02. The molecule has 0 aromatic heterocycles. The first-order chi connectivity index (χ1) is 9.20. The highest BCUT2D eigenvalue weighted by atomic mass is 32.2. The van der Waals surface area contributed by atoms with Crippen LogP contribution in [0.15, 0.2) is 53.4 Å². The number of nitrogens with one attached hydrogen (secondary N) is 1. The number of thioether (sulfide) groups is 1. The second-order valence-electron chi connectivity index (χ2n) is 4.81. The summed E-state index contributed by atoms with van der Waals surface area (Å²) in [5.41, 5.74) is 4.09. The highest BCUT2D eigenvalue weighted by Crippen LogP contribution is 2.25. The molecule has 2 heteroatoms. The van der Waals surface area contributed by atoms with Crippen molar-refractivity contribution >= 4 is 11.8 Å². The van der Waals surface area contributed by atoms with Crippen molar-refractivity contribution in [3.8, 4) is 0 Å². The number of benzene rings is 2. The molecule has 1 atom stereocenters. The minimum atomic E-state index is 0.393. The van der Waals surface area contributed by atoms with Crippen LogP contribution in [0.1, 0.15) is 22.7 Å². The van der Waals surface area contributed by atoms with E-state index in [1.54, 1.807) is 0 Å². The first-order valence-electron chi connectivity index (χ1n) is 6.63. The van der Waals surface area contributed by atoms with Crippen molar-refractivity contribution in [3.05, 3.63) is 65.2 Å². The van der Waals surface area contributed by atoms with Crippen molar-refractivity contribution in [3.63, 3.8) is 0 Å². The lowest BCUT2D eigenvalue weighted by Gasteiger charge is -2.17. The molecule has 0 saturated heterocycles. The summed E-state index contributed by atoms with van der Waals surface area (Å²) in [6.45, 7) is 4.34. The van der Waals surface area contributed by atoms with Crippen LogP contribution < -0.4 is 5.32 Å². The number of hydrogen-bond acceptors (Lipinski definition) is 2. The van der Waals surface area contributed by atoms with Gasteiger partial charge in [0, 0.05) is 16.7 Å². The minimum absolute atomic E-state index is 0.393. The predicted molar refractivity (Wildman–Crippen MR) is 84.9 cm³/mol. The van der Waals surface area contributed by atoms with Gasteiger partial charge in [0.1, 0.15) is 0 Å². The number of aryl methyl sites for hydroxylation is 2. The van der Waals surface area contributed by atoms with E-state index in [2.05, 4.69) is 67.7 Å². The molecule has 0 aliphatic carbocycles. The molecular formula is C17H21NS. The summed E-state index contributed by atoms with van der Waals surface area (Å²) in [4.78, 5) is 1.33. The smallest absolute Gasteiger partial charge is 0.0413 e. The maximum absolute atomic E-state index is 3.41. The SMILES string of the molecule is CNC(CSc1ccccc1)c1ccc(C)c(C)c1. The summed E-state index contributed by atoms with van der Waals surface area (Å²) >= 11 is 1.90. The normalized spacial score (nSPS) is 12.4. The molecule has 2 aromatic carbocycles. The average molecular weight is 271 g/mol. The molecule has 2 rings (SSSR count). The standard InChI is InChI=1S/C17H21NS/c1-13-9-10-15(11-14(13)2)17(18-3)12-19-16-7-5-4-6-8-16/h4-11,17-18H,12H2,1-3H3. The maximum atomic E-state index is 3.41. The molecule has 0 bridgehead atoms. The van der Waals surface area contributed by atoms with Gasteiger partial charge in [-0.15, -0.1) is 11.8 Å². The van der Waals surface area contributed by atoms with E-state index in [0.717, 1.165) is 5.75 Å². The lowest BCUT2D eigenvalue weighted by Crippen LogP contribution is -2.18. The Morgan fingerprint density at radius 1 is 1.00 bits per heavy atom. The molecule has 0 heterocycles. The molecule has 0 spiro atoms. The van der Waals surface area contributed by atoms with Gasteiger partial charge >= 0.3 is 0 Å². The fourth-order valence-corrected chi connectivity index (χ4v) is 3.09. The van der Waals surface area contributed by atoms with Crippen molar-refractivity contribution < 1.29 is 0 Å². The summed E-state index contributed by atoms with van der Waals surface area (Å²) in [6.07, 6.45) is 0.